The molecule has 0 amide bonds. The first-order valence-electron chi connectivity index (χ1n) is 3.32. The number of hydrogen-bond acceptors (Lipinski definition) is 3. The second kappa shape index (κ2) is 5.84. The van der Waals surface area contributed by atoms with Gasteiger partial charge in [0.05, 0.1) is 6.61 Å². The lowest BCUT2D eigenvalue weighted by Crippen LogP contribution is -2.03. The molecule has 0 aliphatic rings. The highest BCUT2D eigenvalue weighted by molar-refractivity contribution is 8.01. The van der Waals surface area contributed by atoms with Crippen LogP contribution in [0.5, 0.6) is 0 Å². The van der Waals surface area contributed by atoms with Crippen LogP contribution >= 0.6 is 19.3 Å². The van der Waals surface area contributed by atoms with E-state index in [0.717, 1.165) is 0 Å². The fourth-order valence-corrected chi connectivity index (χ4v) is 2.39. The van der Waals surface area contributed by atoms with Crippen molar-refractivity contribution in [3.63, 3.8) is 0 Å². The molecule has 0 aromatic heterocycles. The van der Waals surface area contributed by atoms with Crippen LogP contribution in [0, 0.1) is 0 Å². The number of hydrogen-bond donors (Lipinski definition) is 1. The maximum Gasteiger partial charge on any atom is 0.292 e. The molecule has 0 heterocycles. The van der Waals surface area contributed by atoms with Crippen molar-refractivity contribution >= 4 is 19.3 Å². The predicted molar refractivity (Wildman–Crippen MR) is 50.9 cm³/mol. The van der Waals surface area contributed by atoms with Gasteiger partial charge in [-0.15, -0.1) is 11.8 Å². The number of rotatable bonds is 5. The smallest absolute Gasteiger partial charge is 0.292 e. The van der Waals surface area contributed by atoms with Gasteiger partial charge < -0.3 is 4.52 Å². The molecule has 1 unspecified atom stereocenters. The molecule has 66 valence electrons. The molecule has 3 nitrogen and oxygen atoms in total. The molecule has 0 aliphatic carbocycles. The highest BCUT2D eigenvalue weighted by Crippen LogP contribution is 2.43. The van der Waals surface area contributed by atoms with Crippen LogP contribution in [0.25, 0.3) is 0 Å². The summed E-state index contributed by atoms with van der Waals surface area (Å²) in [6.45, 7) is 2.27. The Hall–Kier alpha value is 0.240. The second-order valence-electron chi connectivity index (χ2n) is 1.76. The zero-order valence-electron chi connectivity index (χ0n) is 7.03. The zero-order valence-corrected chi connectivity index (χ0v) is 8.74. The van der Waals surface area contributed by atoms with Crippen molar-refractivity contribution in [3.8, 4) is 0 Å². The lowest BCUT2D eigenvalue weighted by Gasteiger charge is -2.10. The monoisotopic (exact) mass is 195 g/mol. The van der Waals surface area contributed by atoms with Crippen molar-refractivity contribution in [1.29, 1.82) is 0 Å². The fourth-order valence-electron chi connectivity index (χ4n) is 0.515. The van der Waals surface area contributed by atoms with Gasteiger partial charge in [0, 0.05) is 5.82 Å². The van der Waals surface area contributed by atoms with Crippen molar-refractivity contribution in [2.24, 2.45) is 0 Å². The molecule has 0 spiro atoms. The topological polar surface area (TPSA) is 38.3 Å². The third-order valence-electron chi connectivity index (χ3n) is 1.03. The van der Waals surface area contributed by atoms with Crippen LogP contribution in [0.15, 0.2) is 11.2 Å². The Labute approximate surface area is 72.1 Å². The molecule has 0 rings (SSSR count). The Morgan fingerprint density at radius 2 is 2.36 bits per heavy atom. The van der Waals surface area contributed by atoms with Crippen LogP contribution in [-0.4, -0.2) is 19.9 Å². The molecule has 0 aliphatic heterocycles. The molecule has 0 radical (unpaired) electrons. The van der Waals surface area contributed by atoms with E-state index < -0.39 is 7.52 Å². The molecule has 11 heavy (non-hydrogen) atoms. The largest absolute Gasteiger partial charge is 0.315 e. The van der Waals surface area contributed by atoms with E-state index in [1.807, 2.05) is 13.2 Å². The molecule has 0 saturated heterocycles. The first-order valence-corrected chi connectivity index (χ1v) is 6.30. The third kappa shape index (κ3) is 4.64. The number of nitrogens with one attached hydrogen (secondary N) is 1. The fraction of sp³-hybridized carbons (Fsp3) is 0.667. The minimum Gasteiger partial charge on any atom is -0.315 e. The molecule has 0 aromatic carbocycles. The van der Waals surface area contributed by atoms with Crippen LogP contribution in [0.1, 0.15) is 6.92 Å². The van der Waals surface area contributed by atoms with Gasteiger partial charge in [0.1, 0.15) is 0 Å². The lowest BCUT2D eigenvalue weighted by molar-refractivity contribution is 0.334. The van der Waals surface area contributed by atoms with Crippen LogP contribution in [-0.2, 0) is 9.09 Å². The van der Waals surface area contributed by atoms with Gasteiger partial charge in [0.15, 0.2) is 0 Å². The predicted octanol–water partition coefficient (Wildman–Crippen LogP) is 2.27. The molecule has 5 heteroatoms. The van der Waals surface area contributed by atoms with Crippen molar-refractivity contribution in [3.05, 3.63) is 11.2 Å². The van der Waals surface area contributed by atoms with Gasteiger partial charge in [-0.3, -0.25) is 4.57 Å². The molecule has 0 bridgehead atoms. The van der Waals surface area contributed by atoms with E-state index in [1.165, 1.54) is 11.8 Å². The quantitative estimate of drug-likeness (QED) is 0.683. The molecule has 0 saturated carbocycles. The van der Waals surface area contributed by atoms with E-state index in [0.29, 0.717) is 6.61 Å². The van der Waals surface area contributed by atoms with Crippen molar-refractivity contribution in [2.75, 3.05) is 19.9 Å². The summed E-state index contributed by atoms with van der Waals surface area (Å²) in [6, 6.07) is 0. The van der Waals surface area contributed by atoms with E-state index in [1.54, 1.807) is 18.3 Å². The summed E-state index contributed by atoms with van der Waals surface area (Å²) in [7, 11) is -1.04. The lowest BCUT2D eigenvalue weighted by atomic mass is 10.9. The Morgan fingerprint density at radius 3 is 2.73 bits per heavy atom. The van der Waals surface area contributed by atoms with Crippen LogP contribution in [0.3, 0.4) is 0 Å². The van der Waals surface area contributed by atoms with Gasteiger partial charge in [0.2, 0.25) is 0 Å². The van der Waals surface area contributed by atoms with E-state index >= 15 is 0 Å². The molecular formula is C6H14NO2PS. The maximum atomic E-state index is 11.5. The van der Waals surface area contributed by atoms with Crippen molar-refractivity contribution < 1.29 is 9.09 Å². The summed E-state index contributed by atoms with van der Waals surface area (Å²) in [4.78, 5) is 0. The van der Waals surface area contributed by atoms with E-state index in [9.17, 15) is 4.57 Å². The second-order valence-corrected chi connectivity index (χ2v) is 4.70. The van der Waals surface area contributed by atoms with Gasteiger partial charge in [-0.25, -0.2) is 5.09 Å². The first-order chi connectivity index (χ1) is 5.18. The molecule has 1 atom stereocenters. The Bertz CT molecular complexity index is 172. The Morgan fingerprint density at radius 1 is 1.73 bits per heavy atom. The highest BCUT2D eigenvalue weighted by Gasteiger charge is 2.13. The summed E-state index contributed by atoms with van der Waals surface area (Å²) in [6.07, 6.45) is 1.91. The van der Waals surface area contributed by atoms with Gasteiger partial charge in [-0.1, -0.05) is 0 Å². The zero-order chi connectivity index (χ0) is 8.74. The van der Waals surface area contributed by atoms with E-state index in [2.05, 4.69) is 5.09 Å². The van der Waals surface area contributed by atoms with Crippen LogP contribution in [0.4, 0.5) is 0 Å². The van der Waals surface area contributed by atoms with Gasteiger partial charge in [-0.05, 0) is 25.6 Å². The molecule has 0 fully saturated rings. The average Bonchev–Trinajstić information content (AvgIpc) is 2.02. The van der Waals surface area contributed by atoms with Crippen molar-refractivity contribution in [1.82, 2.24) is 5.09 Å². The first kappa shape index (κ1) is 11.2. The van der Waals surface area contributed by atoms with E-state index in [-0.39, 0.29) is 0 Å². The summed E-state index contributed by atoms with van der Waals surface area (Å²) < 4.78 is 16.5. The van der Waals surface area contributed by atoms with Crippen LogP contribution in [0.2, 0.25) is 0 Å². The van der Waals surface area contributed by atoms with Gasteiger partial charge in [0.25, 0.3) is 7.52 Å². The SMILES string of the molecule is CCOP(=O)(/C=C\SC)NC. The standard InChI is InChI=1S/C6H14NO2PS/c1-4-9-10(8,7-2)5-6-11-3/h5-6H,4H2,1-3H3,(H,7,8)/b6-5-. The summed E-state index contributed by atoms with van der Waals surface area (Å²) in [5, 5.41) is 4.40. The highest BCUT2D eigenvalue weighted by atomic mass is 32.2. The maximum absolute atomic E-state index is 11.5. The normalized spacial score (nSPS) is 17.0. The summed E-state index contributed by atoms with van der Waals surface area (Å²) in [5.41, 5.74) is 0. The Balaban J connectivity index is 4.10. The summed E-state index contributed by atoms with van der Waals surface area (Å²) >= 11 is 1.50. The minimum absolute atomic E-state index is 0.455. The minimum atomic E-state index is -2.67. The molecule has 1 N–H and O–H groups in total. The molecule has 0 aromatic rings. The Kier molecular flexibility index (Phi) is 5.96. The van der Waals surface area contributed by atoms with Gasteiger partial charge in [-0.2, -0.15) is 0 Å². The van der Waals surface area contributed by atoms with Crippen LogP contribution < -0.4 is 5.09 Å². The summed E-state index contributed by atoms with van der Waals surface area (Å²) in [5.74, 6) is 1.57. The van der Waals surface area contributed by atoms with Gasteiger partial charge >= 0.3 is 0 Å². The van der Waals surface area contributed by atoms with E-state index in [4.69, 9.17) is 4.52 Å². The van der Waals surface area contributed by atoms with Crippen molar-refractivity contribution in [2.45, 2.75) is 6.92 Å². The molecular weight excluding hydrogens is 181 g/mol. The number of thioether (sulfide) groups is 1. The average molecular weight is 195 g/mol. The third-order valence-corrected chi connectivity index (χ3v) is 3.44.